The predicted octanol–water partition coefficient (Wildman–Crippen LogP) is 0.795. The molecular formula is C12H17N5O3S2. The molecule has 0 amide bonds. The van der Waals surface area contributed by atoms with Crippen molar-refractivity contribution in [3.63, 3.8) is 0 Å². The summed E-state index contributed by atoms with van der Waals surface area (Å²) < 4.78 is 32.1. The molecule has 0 unspecified atom stereocenters. The van der Waals surface area contributed by atoms with Crippen molar-refractivity contribution in [3.8, 4) is 6.01 Å². The van der Waals surface area contributed by atoms with Gasteiger partial charge in [-0.25, -0.2) is 13.1 Å². The Morgan fingerprint density at radius 2 is 2.00 bits per heavy atom. The summed E-state index contributed by atoms with van der Waals surface area (Å²) in [5.74, 6) is 0.681. The van der Waals surface area contributed by atoms with E-state index in [2.05, 4.69) is 19.7 Å². The van der Waals surface area contributed by atoms with E-state index in [1.165, 1.54) is 18.4 Å². The van der Waals surface area contributed by atoms with Crippen LogP contribution in [0.2, 0.25) is 0 Å². The maximum absolute atomic E-state index is 12.2. The van der Waals surface area contributed by atoms with Crippen LogP contribution in [0.5, 0.6) is 6.01 Å². The van der Waals surface area contributed by atoms with E-state index < -0.39 is 10.0 Å². The van der Waals surface area contributed by atoms with E-state index in [1.807, 2.05) is 6.92 Å². The number of methoxy groups -OCH3 is 1. The number of nitrogens with zero attached hydrogens (tertiary/aromatic N) is 4. The Morgan fingerprint density at radius 3 is 2.55 bits per heavy atom. The molecule has 0 aromatic carbocycles. The summed E-state index contributed by atoms with van der Waals surface area (Å²) in [5, 5.41) is 0. The number of rotatable bonds is 6. The fraction of sp³-hybridized carbons (Fsp3) is 0.417. The second kappa shape index (κ2) is 6.55. The van der Waals surface area contributed by atoms with Crippen LogP contribution in [-0.4, -0.2) is 44.6 Å². The van der Waals surface area contributed by atoms with Gasteiger partial charge in [0.2, 0.25) is 16.0 Å². The first-order valence-electron chi connectivity index (χ1n) is 6.34. The molecule has 0 aliphatic carbocycles. The van der Waals surface area contributed by atoms with Gasteiger partial charge in [-0.15, -0.1) is 11.3 Å². The van der Waals surface area contributed by atoms with E-state index in [1.54, 1.807) is 31.1 Å². The van der Waals surface area contributed by atoms with Crippen molar-refractivity contribution in [2.75, 3.05) is 26.1 Å². The molecule has 2 aromatic rings. The zero-order valence-electron chi connectivity index (χ0n) is 12.7. The molecule has 0 atom stereocenters. The Labute approximate surface area is 133 Å². The standard InChI is InChI=1S/C12H17N5O3S2/c1-8-5-6-10(21-8)22(18,19)13-7-9-14-11(17(2)3)16-12(15-9)20-4/h5-6,13H,7H2,1-4H3. The van der Waals surface area contributed by atoms with E-state index >= 15 is 0 Å². The van der Waals surface area contributed by atoms with Crippen LogP contribution in [0.3, 0.4) is 0 Å². The van der Waals surface area contributed by atoms with Gasteiger partial charge in [-0.05, 0) is 19.1 Å². The van der Waals surface area contributed by atoms with Crippen LogP contribution in [0, 0.1) is 6.92 Å². The molecule has 0 fully saturated rings. The summed E-state index contributed by atoms with van der Waals surface area (Å²) in [4.78, 5) is 14.9. The Hall–Kier alpha value is -1.78. The monoisotopic (exact) mass is 343 g/mol. The number of hydrogen-bond donors (Lipinski definition) is 1. The summed E-state index contributed by atoms with van der Waals surface area (Å²) in [6.07, 6.45) is 0. The number of aryl methyl sites for hydroxylation is 1. The highest BCUT2D eigenvalue weighted by Gasteiger charge is 2.17. The van der Waals surface area contributed by atoms with Gasteiger partial charge in [0.25, 0.3) is 0 Å². The Kier molecular flexibility index (Phi) is 4.94. The molecule has 8 nitrogen and oxygen atoms in total. The average molecular weight is 343 g/mol. The molecule has 2 rings (SSSR count). The van der Waals surface area contributed by atoms with Crippen LogP contribution in [-0.2, 0) is 16.6 Å². The number of anilines is 1. The first kappa shape index (κ1) is 16.6. The number of thiophene rings is 1. The van der Waals surface area contributed by atoms with Crippen molar-refractivity contribution in [2.45, 2.75) is 17.7 Å². The molecule has 0 radical (unpaired) electrons. The zero-order valence-corrected chi connectivity index (χ0v) is 14.3. The SMILES string of the molecule is COc1nc(CNS(=O)(=O)c2ccc(C)s2)nc(N(C)C)n1. The molecule has 0 saturated heterocycles. The first-order chi connectivity index (χ1) is 10.3. The van der Waals surface area contributed by atoms with Crippen molar-refractivity contribution in [1.82, 2.24) is 19.7 Å². The van der Waals surface area contributed by atoms with E-state index in [0.29, 0.717) is 5.95 Å². The summed E-state index contributed by atoms with van der Waals surface area (Å²) in [5.41, 5.74) is 0. The molecule has 10 heteroatoms. The molecule has 2 aromatic heterocycles. The molecule has 0 aliphatic heterocycles. The van der Waals surface area contributed by atoms with Gasteiger partial charge >= 0.3 is 6.01 Å². The number of aromatic nitrogens is 3. The van der Waals surface area contributed by atoms with E-state index in [0.717, 1.165) is 4.88 Å². The van der Waals surface area contributed by atoms with Gasteiger partial charge in [-0.1, -0.05) is 0 Å². The Balaban J connectivity index is 2.19. The maximum Gasteiger partial charge on any atom is 0.321 e. The van der Waals surface area contributed by atoms with Gasteiger partial charge in [0.05, 0.1) is 13.7 Å². The molecule has 0 spiro atoms. The average Bonchev–Trinajstić information content (AvgIpc) is 2.92. The fourth-order valence-electron chi connectivity index (χ4n) is 1.54. The molecule has 0 aliphatic rings. The molecule has 2 heterocycles. The highest BCUT2D eigenvalue weighted by molar-refractivity contribution is 7.91. The first-order valence-corrected chi connectivity index (χ1v) is 8.64. The molecule has 22 heavy (non-hydrogen) atoms. The van der Waals surface area contributed by atoms with Crippen molar-refractivity contribution in [2.24, 2.45) is 0 Å². The van der Waals surface area contributed by atoms with Crippen LogP contribution < -0.4 is 14.4 Å². The smallest absolute Gasteiger partial charge is 0.321 e. The van der Waals surface area contributed by atoms with Gasteiger partial charge in [-0.2, -0.15) is 15.0 Å². The Morgan fingerprint density at radius 1 is 1.27 bits per heavy atom. The van der Waals surface area contributed by atoms with Gasteiger partial charge < -0.3 is 9.64 Å². The second-order valence-electron chi connectivity index (χ2n) is 4.62. The number of sulfonamides is 1. The van der Waals surface area contributed by atoms with E-state index in [-0.39, 0.29) is 22.6 Å². The lowest BCUT2D eigenvalue weighted by atomic mass is 10.5. The van der Waals surface area contributed by atoms with Crippen LogP contribution in [0.1, 0.15) is 10.7 Å². The van der Waals surface area contributed by atoms with Crippen molar-refractivity contribution < 1.29 is 13.2 Å². The number of nitrogens with one attached hydrogen (secondary N) is 1. The largest absolute Gasteiger partial charge is 0.467 e. The normalized spacial score (nSPS) is 11.5. The highest BCUT2D eigenvalue weighted by atomic mass is 32.2. The fourth-order valence-corrected chi connectivity index (χ4v) is 3.85. The van der Waals surface area contributed by atoms with Crippen LogP contribution in [0.25, 0.3) is 0 Å². The molecule has 1 N–H and O–H groups in total. The van der Waals surface area contributed by atoms with Crippen LogP contribution >= 0.6 is 11.3 Å². The summed E-state index contributed by atoms with van der Waals surface area (Å²) in [7, 11) is 1.41. The Bertz CT molecular complexity index is 758. The van der Waals surface area contributed by atoms with Gasteiger partial charge in [0.1, 0.15) is 4.21 Å². The third-order valence-electron chi connectivity index (χ3n) is 2.63. The summed E-state index contributed by atoms with van der Waals surface area (Å²) >= 11 is 1.21. The quantitative estimate of drug-likeness (QED) is 0.828. The van der Waals surface area contributed by atoms with E-state index in [9.17, 15) is 8.42 Å². The summed E-state index contributed by atoms with van der Waals surface area (Å²) in [6.45, 7) is 1.81. The van der Waals surface area contributed by atoms with Gasteiger partial charge in [-0.3, -0.25) is 0 Å². The minimum Gasteiger partial charge on any atom is -0.467 e. The predicted molar refractivity (Wildman–Crippen MR) is 83.8 cm³/mol. The van der Waals surface area contributed by atoms with Gasteiger partial charge in [0, 0.05) is 19.0 Å². The molecular weight excluding hydrogens is 326 g/mol. The van der Waals surface area contributed by atoms with Crippen molar-refractivity contribution in [3.05, 3.63) is 22.8 Å². The lowest BCUT2D eigenvalue weighted by Crippen LogP contribution is -2.24. The van der Waals surface area contributed by atoms with Crippen LogP contribution in [0.4, 0.5) is 5.95 Å². The minimum absolute atomic E-state index is 0.0427. The third-order valence-corrected chi connectivity index (χ3v) is 5.53. The minimum atomic E-state index is -3.58. The molecule has 0 saturated carbocycles. The van der Waals surface area contributed by atoms with Crippen LogP contribution in [0.15, 0.2) is 16.3 Å². The summed E-state index contributed by atoms with van der Waals surface area (Å²) in [6, 6.07) is 3.47. The molecule has 120 valence electrons. The molecule has 0 bridgehead atoms. The lowest BCUT2D eigenvalue weighted by molar-refractivity contribution is 0.375. The highest BCUT2D eigenvalue weighted by Crippen LogP contribution is 2.20. The number of hydrogen-bond acceptors (Lipinski definition) is 8. The van der Waals surface area contributed by atoms with Crippen molar-refractivity contribution in [1.29, 1.82) is 0 Å². The lowest BCUT2D eigenvalue weighted by Gasteiger charge is -2.12. The van der Waals surface area contributed by atoms with Gasteiger partial charge in [0.15, 0.2) is 5.82 Å². The maximum atomic E-state index is 12.2. The number of ether oxygens (including phenoxy) is 1. The topological polar surface area (TPSA) is 97.3 Å². The van der Waals surface area contributed by atoms with Crippen molar-refractivity contribution >= 4 is 27.3 Å². The second-order valence-corrected chi connectivity index (χ2v) is 7.90. The zero-order chi connectivity index (χ0) is 16.3. The third kappa shape index (κ3) is 3.90. The van der Waals surface area contributed by atoms with E-state index in [4.69, 9.17) is 4.74 Å².